The molecule has 0 fully saturated rings. The van der Waals surface area contributed by atoms with Crippen LogP contribution in [0.25, 0.3) is 0 Å². The maximum Gasteiger partial charge on any atom is 0.0641 e. The first-order valence-corrected chi connectivity index (χ1v) is 7.89. The maximum atomic E-state index is 6.22. The third-order valence-corrected chi connectivity index (χ3v) is 3.61. The highest BCUT2D eigenvalue weighted by Crippen LogP contribution is 2.29. The first-order valence-electron chi connectivity index (χ1n) is 6.98. The molecule has 0 unspecified atom stereocenters. The van der Waals surface area contributed by atoms with Crippen LogP contribution in [0.5, 0.6) is 0 Å². The van der Waals surface area contributed by atoms with Crippen molar-refractivity contribution in [3.63, 3.8) is 0 Å². The van der Waals surface area contributed by atoms with Crippen LogP contribution in [0.1, 0.15) is 19.4 Å². The van der Waals surface area contributed by atoms with Crippen LogP contribution >= 0.6 is 23.2 Å². The minimum atomic E-state index is 0.398. The summed E-state index contributed by atoms with van der Waals surface area (Å²) in [4.78, 5) is 2.22. The molecule has 0 amide bonds. The number of nitrogens with zero attached hydrogens (tertiary/aromatic N) is 1. The van der Waals surface area contributed by atoms with Crippen molar-refractivity contribution >= 4 is 28.9 Å². The molecule has 0 heterocycles. The van der Waals surface area contributed by atoms with Crippen molar-refractivity contribution < 1.29 is 9.47 Å². The summed E-state index contributed by atoms with van der Waals surface area (Å²) in [7, 11) is 0. The molecule has 0 atom stereocenters. The lowest BCUT2D eigenvalue weighted by Gasteiger charge is -2.27. The molecule has 1 aromatic carbocycles. The molecular weight excluding hydrogens is 297 g/mol. The smallest absolute Gasteiger partial charge is 0.0641 e. The van der Waals surface area contributed by atoms with Gasteiger partial charge in [0.15, 0.2) is 0 Å². The van der Waals surface area contributed by atoms with Crippen LogP contribution < -0.4 is 4.90 Å². The zero-order valence-electron chi connectivity index (χ0n) is 12.2. The summed E-state index contributed by atoms with van der Waals surface area (Å²) >= 11 is 12.3. The summed E-state index contributed by atoms with van der Waals surface area (Å²) in [5.41, 5.74) is 2.02. The molecule has 0 radical (unpaired) electrons. The lowest BCUT2D eigenvalue weighted by atomic mass is 10.1. The number of halogens is 2. The first-order chi connectivity index (χ1) is 9.74. The lowest BCUT2D eigenvalue weighted by Crippen LogP contribution is -2.31. The summed E-state index contributed by atoms with van der Waals surface area (Å²) in [6.07, 6.45) is 0. The standard InChI is InChI=1S/C15H23Cl2NO2/c1-3-19-10-8-18(9-11-20-4-2)15-7-5-6-14(17)13(15)12-16/h5-7H,3-4,8-12H2,1-2H3. The van der Waals surface area contributed by atoms with Gasteiger partial charge in [0.25, 0.3) is 0 Å². The van der Waals surface area contributed by atoms with E-state index in [9.17, 15) is 0 Å². The van der Waals surface area contributed by atoms with Gasteiger partial charge in [0.1, 0.15) is 0 Å². The van der Waals surface area contributed by atoms with Gasteiger partial charge in [-0.15, -0.1) is 11.6 Å². The van der Waals surface area contributed by atoms with Crippen LogP contribution in [0, 0.1) is 0 Å². The van der Waals surface area contributed by atoms with Crippen molar-refractivity contribution in [2.45, 2.75) is 19.7 Å². The van der Waals surface area contributed by atoms with E-state index < -0.39 is 0 Å². The lowest BCUT2D eigenvalue weighted by molar-refractivity contribution is 0.141. The van der Waals surface area contributed by atoms with Crippen molar-refractivity contribution in [2.24, 2.45) is 0 Å². The topological polar surface area (TPSA) is 21.7 Å². The third-order valence-electron chi connectivity index (χ3n) is 2.99. The molecule has 1 aromatic rings. The van der Waals surface area contributed by atoms with Crippen molar-refractivity contribution in [3.8, 4) is 0 Å². The molecule has 0 spiro atoms. The number of ether oxygens (including phenoxy) is 2. The molecule has 5 heteroatoms. The molecule has 0 aliphatic heterocycles. The molecule has 0 saturated carbocycles. The Morgan fingerprint density at radius 3 is 2.15 bits per heavy atom. The zero-order chi connectivity index (χ0) is 14.8. The van der Waals surface area contributed by atoms with E-state index in [1.54, 1.807) is 0 Å². The minimum Gasteiger partial charge on any atom is -0.380 e. The Kier molecular flexibility index (Phi) is 9.03. The molecular formula is C15H23Cl2NO2. The fourth-order valence-corrected chi connectivity index (χ4v) is 2.55. The summed E-state index contributed by atoms with van der Waals surface area (Å²) < 4.78 is 10.9. The number of alkyl halides is 1. The van der Waals surface area contributed by atoms with E-state index in [-0.39, 0.29) is 0 Å². The Morgan fingerprint density at radius 2 is 1.65 bits per heavy atom. The third kappa shape index (κ3) is 5.49. The fourth-order valence-electron chi connectivity index (χ4n) is 1.97. The molecule has 0 aliphatic carbocycles. The van der Waals surface area contributed by atoms with E-state index in [0.717, 1.165) is 37.6 Å². The van der Waals surface area contributed by atoms with Gasteiger partial charge in [-0.05, 0) is 26.0 Å². The first kappa shape index (κ1) is 17.6. The summed E-state index contributed by atoms with van der Waals surface area (Å²) in [5, 5.41) is 0.704. The Bertz CT molecular complexity index is 378. The van der Waals surface area contributed by atoms with Crippen LogP contribution in [-0.2, 0) is 15.4 Å². The van der Waals surface area contributed by atoms with Crippen LogP contribution in [0.4, 0.5) is 5.69 Å². The number of rotatable bonds is 10. The molecule has 0 bridgehead atoms. The molecule has 0 aliphatic rings. The SMILES string of the molecule is CCOCCN(CCOCC)c1cccc(Cl)c1CCl. The largest absolute Gasteiger partial charge is 0.380 e. The molecule has 3 nitrogen and oxygen atoms in total. The van der Waals surface area contributed by atoms with Gasteiger partial charge in [0.2, 0.25) is 0 Å². The van der Waals surface area contributed by atoms with Gasteiger partial charge in [-0.3, -0.25) is 0 Å². The van der Waals surface area contributed by atoms with Gasteiger partial charge in [-0.2, -0.15) is 0 Å². The van der Waals surface area contributed by atoms with Gasteiger partial charge in [0.05, 0.1) is 19.1 Å². The predicted molar refractivity (Wildman–Crippen MR) is 86.2 cm³/mol. The Morgan fingerprint density at radius 1 is 1.05 bits per heavy atom. The van der Waals surface area contributed by atoms with Crippen LogP contribution in [0.3, 0.4) is 0 Å². The summed E-state index contributed by atoms with van der Waals surface area (Å²) in [6, 6.07) is 5.86. The van der Waals surface area contributed by atoms with Crippen molar-refractivity contribution in [1.82, 2.24) is 0 Å². The van der Waals surface area contributed by atoms with E-state index >= 15 is 0 Å². The molecule has 0 N–H and O–H groups in total. The van der Waals surface area contributed by atoms with Gasteiger partial charge < -0.3 is 14.4 Å². The Balaban J connectivity index is 2.81. The quantitative estimate of drug-likeness (QED) is 0.481. The minimum absolute atomic E-state index is 0.398. The predicted octanol–water partition coefficient (Wildman–Crippen LogP) is 3.96. The molecule has 114 valence electrons. The average Bonchev–Trinajstić information content (AvgIpc) is 2.46. The second-order valence-corrected chi connectivity index (χ2v) is 4.93. The highest BCUT2D eigenvalue weighted by molar-refractivity contribution is 6.32. The van der Waals surface area contributed by atoms with Gasteiger partial charge in [-0.1, -0.05) is 17.7 Å². The van der Waals surface area contributed by atoms with E-state index in [0.29, 0.717) is 24.1 Å². The number of benzene rings is 1. The van der Waals surface area contributed by atoms with E-state index in [2.05, 4.69) is 4.90 Å². The maximum absolute atomic E-state index is 6.22. The fraction of sp³-hybridized carbons (Fsp3) is 0.600. The second kappa shape index (κ2) is 10.3. The van der Waals surface area contributed by atoms with Crippen molar-refractivity contribution in [1.29, 1.82) is 0 Å². The molecule has 0 aromatic heterocycles. The van der Waals surface area contributed by atoms with Crippen molar-refractivity contribution in [2.75, 3.05) is 44.4 Å². The number of hydrogen-bond acceptors (Lipinski definition) is 3. The number of anilines is 1. The van der Waals surface area contributed by atoms with Crippen LogP contribution in [-0.4, -0.2) is 39.5 Å². The van der Waals surface area contributed by atoms with Crippen LogP contribution in [0.2, 0.25) is 5.02 Å². The normalized spacial score (nSPS) is 10.8. The van der Waals surface area contributed by atoms with E-state index in [1.807, 2.05) is 32.0 Å². The highest BCUT2D eigenvalue weighted by Gasteiger charge is 2.13. The Labute approximate surface area is 131 Å². The average molecular weight is 320 g/mol. The second-order valence-electron chi connectivity index (χ2n) is 4.25. The summed E-state index contributed by atoms with van der Waals surface area (Å²) in [6.45, 7) is 8.38. The van der Waals surface area contributed by atoms with Gasteiger partial charge in [-0.25, -0.2) is 0 Å². The van der Waals surface area contributed by atoms with Crippen LogP contribution in [0.15, 0.2) is 18.2 Å². The van der Waals surface area contributed by atoms with E-state index in [1.165, 1.54) is 0 Å². The molecule has 20 heavy (non-hydrogen) atoms. The van der Waals surface area contributed by atoms with Crippen molar-refractivity contribution in [3.05, 3.63) is 28.8 Å². The Hall–Kier alpha value is -0.480. The molecule has 1 rings (SSSR count). The van der Waals surface area contributed by atoms with E-state index in [4.69, 9.17) is 32.7 Å². The van der Waals surface area contributed by atoms with Gasteiger partial charge >= 0.3 is 0 Å². The highest BCUT2D eigenvalue weighted by atomic mass is 35.5. The zero-order valence-corrected chi connectivity index (χ0v) is 13.7. The number of hydrogen-bond donors (Lipinski definition) is 0. The van der Waals surface area contributed by atoms with Gasteiger partial charge in [0, 0.05) is 42.6 Å². The summed E-state index contributed by atoms with van der Waals surface area (Å²) in [5.74, 6) is 0.398. The molecule has 0 saturated heterocycles. The monoisotopic (exact) mass is 319 g/mol.